The Hall–Kier alpha value is -8.49. The Balaban J connectivity index is 1.81. The molecule has 2 aromatic carbocycles. The Morgan fingerprint density at radius 3 is 1.90 bits per heavy atom. The predicted molar refractivity (Wildman–Crippen MR) is 290 cm³/mol. The van der Waals surface area contributed by atoms with Crippen LogP contribution in [-0.2, 0) is 60.8 Å². The number of aromatic nitrogens is 1. The molecule has 10 amide bonds. The molecule has 1 aromatic heterocycles. The van der Waals surface area contributed by atoms with E-state index in [1.54, 1.807) is 36.5 Å². The van der Waals surface area contributed by atoms with Gasteiger partial charge in [-0.05, 0) is 74.6 Å². The Bertz CT molecular complexity index is 2670. The van der Waals surface area contributed by atoms with Gasteiger partial charge in [0.25, 0.3) is 0 Å². The number of carbonyl (C=O) groups excluding carboxylic acids is 10. The number of amides is 10. The molecule has 1 aliphatic rings. The summed E-state index contributed by atoms with van der Waals surface area (Å²) in [6.07, 6.45) is 0.571. The molecule has 0 radical (unpaired) electrons. The van der Waals surface area contributed by atoms with Crippen molar-refractivity contribution in [3.63, 3.8) is 0 Å². The number of halogens is 1. The van der Waals surface area contributed by atoms with E-state index in [4.69, 9.17) is 40.3 Å². The average Bonchev–Trinajstić information content (AvgIpc) is 3.79. The maximum atomic E-state index is 14.7. The number of primary amides is 1. The minimum Gasteiger partial charge on any atom is -0.370 e. The number of fused-ring (bicyclic) bond motifs is 1. The number of aromatic amines is 1. The van der Waals surface area contributed by atoms with Crippen molar-refractivity contribution in [2.75, 3.05) is 26.2 Å². The SMILES string of the molecule is CC(=O)NCC[C@@H]1NC(=O)[C@@H](NC(=O)[C@H](CCCN=C(N)N)NC(C)=O)CCC(=O)NCCC[C@@H](C(N)=O)NC(=O)[C@H](Cc2c[nH]c3ccccc23)NC(=O)[C@H](CCCN=C(N)N)NC(=O)[C@@H](Cc2ccccc2Cl)NC1=O. The zero-order chi connectivity index (χ0) is 57.3. The molecule has 7 atom stereocenters. The number of para-hydroxylation sites is 1. The summed E-state index contributed by atoms with van der Waals surface area (Å²) < 4.78 is 0. The van der Waals surface area contributed by atoms with Crippen molar-refractivity contribution in [2.45, 2.75) is 127 Å². The first kappa shape index (κ1) is 62.1. The number of hydrogen-bond acceptors (Lipinski definition) is 12. The van der Waals surface area contributed by atoms with Gasteiger partial charge in [0, 0.05) is 81.4 Å². The number of nitrogens with two attached hydrogens (primary N) is 5. The molecule has 1 fully saturated rings. The molecule has 1 aliphatic heterocycles. The number of aliphatic imine (C=N–C) groups is 2. The Morgan fingerprint density at radius 2 is 1.26 bits per heavy atom. The smallest absolute Gasteiger partial charge is 0.243 e. The molecular weight excluding hydrogens is 1030 g/mol. The fourth-order valence-electron chi connectivity index (χ4n) is 8.36. The van der Waals surface area contributed by atoms with Gasteiger partial charge in [0.15, 0.2) is 11.9 Å². The highest BCUT2D eigenvalue weighted by atomic mass is 35.5. The van der Waals surface area contributed by atoms with E-state index >= 15 is 0 Å². The quantitative estimate of drug-likeness (QED) is 0.0320. The van der Waals surface area contributed by atoms with E-state index in [-0.39, 0.29) is 114 Å². The van der Waals surface area contributed by atoms with E-state index in [1.165, 1.54) is 13.8 Å². The number of rotatable bonds is 19. The maximum Gasteiger partial charge on any atom is 0.243 e. The van der Waals surface area contributed by atoms with E-state index in [0.29, 0.717) is 11.1 Å². The van der Waals surface area contributed by atoms with Gasteiger partial charge < -0.3 is 81.5 Å². The van der Waals surface area contributed by atoms with E-state index in [0.717, 1.165) is 10.9 Å². The van der Waals surface area contributed by atoms with Crippen molar-refractivity contribution in [3.8, 4) is 0 Å². The molecule has 0 bridgehead atoms. The van der Waals surface area contributed by atoms with Crippen LogP contribution in [0.15, 0.2) is 64.7 Å². The third-order valence-corrected chi connectivity index (χ3v) is 12.7. The molecular formula is C50H72ClN17O10. The molecule has 3 aromatic rings. The van der Waals surface area contributed by atoms with Gasteiger partial charge >= 0.3 is 0 Å². The molecule has 424 valence electrons. The van der Waals surface area contributed by atoms with Gasteiger partial charge in [0.05, 0.1) is 0 Å². The number of guanidine groups is 2. The van der Waals surface area contributed by atoms with Gasteiger partial charge in [-0.15, -0.1) is 0 Å². The lowest BCUT2D eigenvalue weighted by atomic mass is 10.0. The van der Waals surface area contributed by atoms with Crippen LogP contribution in [0.4, 0.5) is 0 Å². The molecule has 0 spiro atoms. The van der Waals surface area contributed by atoms with Crippen molar-refractivity contribution in [3.05, 3.63) is 70.9 Å². The molecule has 27 nitrogen and oxygen atoms in total. The number of H-pyrrole nitrogens is 1. The van der Waals surface area contributed by atoms with Gasteiger partial charge in [-0.1, -0.05) is 48.0 Å². The lowest BCUT2D eigenvalue weighted by Gasteiger charge is -2.28. The Labute approximate surface area is 455 Å². The largest absolute Gasteiger partial charge is 0.370 e. The van der Waals surface area contributed by atoms with Crippen LogP contribution in [0.1, 0.15) is 82.8 Å². The van der Waals surface area contributed by atoms with Crippen molar-refractivity contribution < 1.29 is 47.9 Å². The monoisotopic (exact) mass is 1110 g/mol. The summed E-state index contributed by atoms with van der Waals surface area (Å²) in [5.74, 6) is -8.31. The minimum atomic E-state index is -1.54. The summed E-state index contributed by atoms with van der Waals surface area (Å²) in [6.45, 7) is 2.33. The van der Waals surface area contributed by atoms with E-state index < -0.39 is 101 Å². The van der Waals surface area contributed by atoms with Crippen molar-refractivity contribution in [1.82, 2.24) is 52.8 Å². The zero-order valence-electron chi connectivity index (χ0n) is 43.6. The fourth-order valence-corrected chi connectivity index (χ4v) is 8.57. The molecule has 28 heteroatoms. The summed E-state index contributed by atoms with van der Waals surface area (Å²) in [5, 5.41) is 24.7. The molecule has 2 heterocycles. The normalized spacial score (nSPS) is 20.7. The first-order valence-electron chi connectivity index (χ1n) is 25.4. The highest BCUT2D eigenvalue weighted by Gasteiger charge is 2.35. The molecule has 0 aliphatic carbocycles. The highest BCUT2D eigenvalue weighted by molar-refractivity contribution is 6.31. The Morgan fingerprint density at radius 1 is 0.679 bits per heavy atom. The van der Waals surface area contributed by atoms with Crippen LogP contribution in [0.25, 0.3) is 10.9 Å². The number of nitrogens with one attached hydrogen (secondary N) is 10. The van der Waals surface area contributed by atoms with Gasteiger partial charge in [0.2, 0.25) is 59.1 Å². The number of hydrogen-bond donors (Lipinski definition) is 15. The number of benzene rings is 2. The van der Waals surface area contributed by atoms with Crippen LogP contribution >= 0.6 is 11.6 Å². The van der Waals surface area contributed by atoms with Crippen LogP contribution in [0.3, 0.4) is 0 Å². The standard InChI is InChI=1S/C50H72ClN17O10/c1-27(69)57-23-19-38-46(76)67-39(24-29-10-3-5-12-32(29)51)48(78)64-36(16-9-22-60-50(55)56)44(74)68-40(25-30-26-61-33-13-6-4-11-31(30)33)47(77)63-34(42(52)72)14-7-20-58-41(71)18-17-37(45(75)66-38)65-43(73)35(62-28(2)70)15-8-21-59-49(53)54/h3-6,10-13,26,34-40,61H,7-9,14-25H2,1-2H3,(H2,52,72)(H,57,69)(H,58,71)(H,62,70)(H,63,77)(H,64,78)(H,65,73)(H,66,75)(H,67,76)(H,68,74)(H4,53,54,59)(H4,55,56,60)/t34-,35-,36-,37-,38-,39+,40-/m0/s1. The lowest BCUT2D eigenvalue weighted by Crippen LogP contribution is -2.60. The van der Waals surface area contributed by atoms with Crippen molar-refractivity contribution in [1.29, 1.82) is 0 Å². The second-order valence-electron chi connectivity index (χ2n) is 18.6. The molecule has 1 saturated heterocycles. The lowest BCUT2D eigenvalue weighted by molar-refractivity contribution is -0.136. The van der Waals surface area contributed by atoms with E-state index in [2.05, 4.69) is 62.8 Å². The number of carbonyl (C=O) groups is 10. The zero-order valence-corrected chi connectivity index (χ0v) is 44.3. The predicted octanol–water partition coefficient (Wildman–Crippen LogP) is -3.17. The molecule has 0 saturated carbocycles. The third kappa shape index (κ3) is 21.3. The second-order valence-corrected chi connectivity index (χ2v) is 19.0. The van der Waals surface area contributed by atoms with Crippen LogP contribution in [0.2, 0.25) is 5.02 Å². The topological polar surface area (TPSA) is 450 Å². The first-order valence-corrected chi connectivity index (χ1v) is 25.8. The maximum absolute atomic E-state index is 14.7. The third-order valence-electron chi connectivity index (χ3n) is 12.3. The second kappa shape index (κ2) is 31.5. The molecule has 20 N–H and O–H groups in total. The average molecular weight is 1110 g/mol. The molecule has 4 rings (SSSR count). The summed E-state index contributed by atoms with van der Waals surface area (Å²) in [4.78, 5) is 148. The van der Waals surface area contributed by atoms with Crippen LogP contribution in [-0.4, -0.2) is 144 Å². The van der Waals surface area contributed by atoms with Gasteiger partial charge in [-0.2, -0.15) is 0 Å². The van der Waals surface area contributed by atoms with Gasteiger partial charge in [0.1, 0.15) is 42.3 Å². The summed E-state index contributed by atoms with van der Waals surface area (Å²) in [7, 11) is 0. The van der Waals surface area contributed by atoms with E-state index in [9.17, 15) is 47.9 Å². The summed E-state index contributed by atoms with van der Waals surface area (Å²) in [6, 6.07) is 3.77. The molecule has 0 unspecified atom stereocenters. The summed E-state index contributed by atoms with van der Waals surface area (Å²) >= 11 is 6.58. The Kier molecular flexibility index (Phi) is 25.1. The van der Waals surface area contributed by atoms with Gasteiger partial charge in [-0.3, -0.25) is 57.9 Å². The van der Waals surface area contributed by atoms with Gasteiger partial charge in [-0.25, -0.2) is 0 Å². The highest BCUT2D eigenvalue weighted by Crippen LogP contribution is 2.21. The fraction of sp³-hybridized carbons (Fsp3) is 0.480. The minimum absolute atomic E-state index is 0.0178. The van der Waals surface area contributed by atoms with E-state index in [1.807, 2.05) is 18.2 Å². The molecule has 78 heavy (non-hydrogen) atoms. The van der Waals surface area contributed by atoms with Crippen molar-refractivity contribution in [2.24, 2.45) is 38.7 Å². The van der Waals surface area contributed by atoms with Crippen LogP contribution in [0.5, 0.6) is 0 Å². The van der Waals surface area contributed by atoms with Crippen LogP contribution < -0.4 is 76.5 Å². The van der Waals surface area contributed by atoms with Crippen LogP contribution in [0, 0.1) is 0 Å². The first-order chi connectivity index (χ1) is 37.1. The summed E-state index contributed by atoms with van der Waals surface area (Å²) in [5.41, 5.74) is 29.6. The van der Waals surface area contributed by atoms with Crippen molar-refractivity contribution >= 4 is 93.5 Å². The number of nitrogens with zero attached hydrogens (tertiary/aromatic N) is 2.